The number of hydrogen-bond donors (Lipinski definition) is 0. The number of halogens is 1. The number of ether oxygens (including phenoxy) is 1. The van der Waals surface area contributed by atoms with Gasteiger partial charge in [0.05, 0.1) is 0 Å². The minimum absolute atomic E-state index is 0.0421. The Balaban J connectivity index is 3.01. The molecule has 1 aliphatic heterocycles. The van der Waals surface area contributed by atoms with E-state index in [9.17, 15) is 9.59 Å². The lowest BCUT2D eigenvalue weighted by Gasteiger charge is -2.44. The zero-order valence-corrected chi connectivity index (χ0v) is 10.9. The van der Waals surface area contributed by atoms with Crippen LogP contribution in [0.5, 0.6) is 0 Å². The van der Waals surface area contributed by atoms with E-state index in [1.54, 1.807) is 14.0 Å². The highest BCUT2D eigenvalue weighted by Gasteiger charge is 2.51. The van der Waals surface area contributed by atoms with Crippen molar-refractivity contribution in [2.24, 2.45) is 0 Å². The normalized spacial score (nSPS) is 30.6. The molecule has 0 bridgehead atoms. The van der Waals surface area contributed by atoms with E-state index < -0.39 is 16.6 Å². The Morgan fingerprint density at radius 2 is 2.12 bits per heavy atom. The molecular formula is C10H13BrN2O3. The van der Waals surface area contributed by atoms with Crippen LogP contribution in [0.4, 0.5) is 4.79 Å². The fraction of sp³-hybridized carbons (Fsp3) is 0.600. The summed E-state index contributed by atoms with van der Waals surface area (Å²) in [5, 5.41) is 0. The molecule has 1 heterocycles. The van der Waals surface area contributed by atoms with Crippen molar-refractivity contribution < 1.29 is 14.3 Å². The number of carbonyl (C=O) groups is 2. The zero-order valence-electron chi connectivity index (χ0n) is 9.36. The first-order valence-corrected chi connectivity index (χ1v) is 5.42. The van der Waals surface area contributed by atoms with E-state index in [2.05, 4.69) is 21.9 Å². The molecule has 0 aromatic heterocycles. The molecular weight excluding hydrogens is 276 g/mol. The van der Waals surface area contributed by atoms with E-state index in [-0.39, 0.29) is 12.5 Å². The van der Waals surface area contributed by atoms with Gasteiger partial charge in [-0.2, -0.15) is 0 Å². The Labute approximate surface area is 103 Å². The van der Waals surface area contributed by atoms with Gasteiger partial charge < -0.3 is 4.74 Å². The third-order valence-electron chi connectivity index (χ3n) is 2.45. The second-order valence-electron chi connectivity index (χ2n) is 3.70. The van der Waals surface area contributed by atoms with Crippen molar-refractivity contribution >= 4 is 27.9 Å². The first kappa shape index (κ1) is 13.0. The predicted octanol–water partition coefficient (Wildman–Crippen LogP) is 0.640. The van der Waals surface area contributed by atoms with Crippen molar-refractivity contribution in [3.05, 3.63) is 0 Å². The molecule has 0 aromatic rings. The van der Waals surface area contributed by atoms with E-state index in [4.69, 9.17) is 11.2 Å². The summed E-state index contributed by atoms with van der Waals surface area (Å²) in [6.07, 6.45) is 4.38. The summed E-state index contributed by atoms with van der Waals surface area (Å²) < 4.78 is 4.34. The quantitative estimate of drug-likeness (QED) is 0.554. The van der Waals surface area contributed by atoms with Gasteiger partial charge in [-0.1, -0.05) is 21.9 Å². The van der Waals surface area contributed by atoms with E-state index in [0.29, 0.717) is 0 Å². The molecule has 1 fully saturated rings. The summed E-state index contributed by atoms with van der Waals surface area (Å²) in [6, 6.07) is -0.413. The van der Waals surface area contributed by atoms with Gasteiger partial charge in [-0.25, -0.2) is 4.79 Å². The molecule has 88 valence electrons. The lowest BCUT2D eigenvalue weighted by molar-refractivity contribution is -0.144. The van der Waals surface area contributed by atoms with Gasteiger partial charge in [0.25, 0.3) is 5.91 Å². The number of imide groups is 1. The summed E-state index contributed by atoms with van der Waals surface area (Å²) in [5.41, 5.74) is 0. The number of urea groups is 1. The maximum Gasteiger partial charge on any atom is 0.328 e. The van der Waals surface area contributed by atoms with E-state index in [1.165, 1.54) is 11.9 Å². The maximum absolute atomic E-state index is 11.9. The van der Waals surface area contributed by atoms with Crippen LogP contribution in [0.25, 0.3) is 0 Å². The average molecular weight is 289 g/mol. The molecule has 0 N–H and O–H groups in total. The zero-order chi connectivity index (χ0) is 12.5. The molecule has 0 saturated carbocycles. The van der Waals surface area contributed by atoms with Crippen LogP contribution in [0.1, 0.15) is 6.92 Å². The van der Waals surface area contributed by atoms with Gasteiger partial charge in [0.15, 0.2) is 6.23 Å². The largest absolute Gasteiger partial charge is 0.344 e. The van der Waals surface area contributed by atoms with Crippen LogP contribution in [0.3, 0.4) is 0 Å². The summed E-state index contributed by atoms with van der Waals surface area (Å²) >= 11 is 3.28. The van der Waals surface area contributed by atoms with Gasteiger partial charge in [-0.3, -0.25) is 14.6 Å². The molecule has 5 nitrogen and oxygen atoms in total. The van der Waals surface area contributed by atoms with E-state index >= 15 is 0 Å². The second kappa shape index (κ2) is 4.44. The van der Waals surface area contributed by atoms with Gasteiger partial charge in [0.1, 0.15) is 10.9 Å². The van der Waals surface area contributed by atoms with Crippen molar-refractivity contribution in [2.45, 2.75) is 17.5 Å². The number of alkyl halides is 1. The number of carbonyl (C=O) groups excluding carboxylic acids is 2. The SMILES string of the molecule is C#CCO[C@H]1N(C)C(=O)N(C)C(=O)[C@]1(C)Br. The Kier molecular flexibility index (Phi) is 3.61. The van der Waals surface area contributed by atoms with Crippen LogP contribution in [0, 0.1) is 12.3 Å². The highest BCUT2D eigenvalue weighted by molar-refractivity contribution is 9.10. The molecule has 0 unspecified atom stereocenters. The summed E-state index contributed by atoms with van der Waals surface area (Å²) in [7, 11) is 2.99. The third-order valence-corrected chi connectivity index (χ3v) is 3.18. The molecule has 1 rings (SSSR count). The van der Waals surface area contributed by atoms with Gasteiger partial charge >= 0.3 is 6.03 Å². The van der Waals surface area contributed by atoms with Gasteiger partial charge in [-0.15, -0.1) is 6.42 Å². The molecule has 16 heavy (non-hydrogen) atoms. The van der Waals surface area contributed by atoms with Gasteiger partial charge in [-0.05, 0) is 6.92 Å². The fourth-order valence-electron chi connectivity index (χ4n) is 1.62. The smallest absolute Gasteiger partial charge is 0.328 e. The molecule has 0 aliphatic carbocycles. The molecule has 0 spiro atoms. The summed E-state index contributed by atoms with van der Waals surface area (Å²) in [6.45, 7) is 1.69. The number of rotatable bonds is 2. The monoisotopic (exact) mass is 288 g/mol. The number of hydrogen-bond acceptors (Lipinski definition) is 3. The van der Waals surface area contributed by atoms with Crippen molar-refractivity contribution in [1.29, 1.82) is 0 Å². The van der Waals surface area contributed by atoms with Crippen LogP contribution in [-0.4, -0.2) is 53.0 Å². The first-order chi connectivity index (χ1) is 7.34. The number of amides is 3. The van der Waals surface area contributed by atoms with Crippen molar-refractivity contribution in [3.8, 4) is 12.3 Å². The average Bonchev–Trinajstić information content (AvgIpc) is 2.24. The Bertz CT molecular complexity index is 362. The maximum atomic E-state index is 11.9. The minimum atomic E-state index is -0.985. The molecule has 0 aromatic carbocycles. The van der Waals surface area contributed by atoms with Crippen LogP contribution < -0.4 is 0 Å². The Morgan fingerprint density at radius 1 is 1.56 bits per heavy atom. The fourth-order valence-corrected chi connectivity index (χ4v) is 2.32. The predicted molar refractivity (Wildman–Crippen MR) is 61.8 cm³/mol. The highest BCUT2D eigenvalue weighted by Crippen LogP contribution is 2.33. The molecule has 6 heteroatoms. The van der Waals surface area contributed by atoms with E-state index in [1.807, 2.05) is 0 Å². The lowest BCUT2D eigenvalue weighted by atomic mass is 10.1. The molecule has 2 atom stereocenters. The van der Waals surface area contributed by atoms with Crippen LogP contribution in [0.2, 0.25) is 0 Å². The summed E-state index contributed by atoms with van der Waals surface area (Å²) in [5.74, 6) is 1.96. The van der Waals surface area contributed by atoms with Crippen LogP contribution >= 0.6 is 15.9 Å². The second-order valence-corrected chi connectivity index (χ2v) is 5.35. The molecule has 1 saturated heterocycles. The molecule has 1 aliphatic rings. The van der Waals surface area contributed by atoms with Crippen molar-refractivity contribution in [2.75, 3.05) is 20.7 Å². The lowest BCUT2D eigenvalue weighted by Crippen LogP contribution is -2.66. The number of nitrogens with zero attached hydrogens (tertiary/aromatic N) is 2. The minimum Gasteiger partial charge on any atom is -0.344 e. The third kappa shape index (κ3) is 1.93. The standard InChI is InChI=1S/C10H13BrN2O3/c1-5-6-16-8-10(2,11)7(14)12(3)9(15)13(8)4/h1,8H,6H2,2-4H3/t8-,10+/m1/s1. The topological polar surface area (TPSA) is 49.9 Å². The Hall–Kier alpha value is -1.06. The molecule has 3 amide bonds. The van der Waals surface area contributed by atoms with Crippen LogP contribution in [0.15, 0.2) is 0 Å². The Morgan fingerprint density at radius 3 is 2.62 bits per heavy atom. The number of terminal acetylenes is 1. The highest BCUT2D eigenvalue weighted by atomic mass is 79.9. The van der Waals surface area contributed by atoms with Crippen molar-refractivity contribution in [3.63, 3.8) is 0 Å². The van der Waals surface area contributed by atoms with E-state index in [0.717, 1.165) is 4.90 Å². The van der Waals surface area contributed by atoms with Crippen LogP contribution in [-0.2, 0) is 9.53 Å². The van der Waals surface area contributed by atoms with Gasteiger partial charge in [0.2, 0.25) is 0 Å². The van der Waals surface area contributed by atoms with Crippen molar-refractivity contribution in [1.82, 2.24) is 9.80 Å². The molecule has 0 radical (unpaired) electrons. The first-order valence-electron chi connectivity index (χ1n) is 4.63. The van der Waals surface area contributed by atoms with Gasteiger partial charge in [0, 0.05) is 14.1 Å². The summed E-state index contributed by atoms with van der Waals surface area (Å²) in [4.78, 5) is 25.9.